The van der Waals surface area contributed by atoms with Crippen molar-refractivity contribution in [1.82, 2.24) is 20.2 Å². The highest BCUT2D eigenvalue weighted by Crippen LogP contribution is 2.28. The van der Waals surface area contributed by atoms with Gasteiger partial charge in [-0.1, -0.05) is 0 Å². The first-order valence-corrected chi connectivity index (χ1v) is 11.1. The molecule has 3 saturated heterocycles. The zero-order chi connectivity index (χ0) is 19.3. The number of thioether (sulfide) groups is 1. The lowest BCUT2D eigenvalue weighted by Gasteiger charge is -2.34. The number of nitrogens with one attached hydrogen (secondary N) is 1. The van der Waals surface area contributed by atoms with Gasteiger partial charge in [-0.2, -0.15) is 0 Å². The summed E-state index contributed by atoms with van der Waals surface area (Å²) >= 11 is 1.54. The van der Waals surface area contributed by atoms with Crippen LogP contribution >= 0.6 is 11.8 Å². The number of anilines is 1. The molecule has 7 nitrogen and oxygen atoms in total. The fourth-order valence-corrected chi connectivity index (χ4v) is 5.28. The molecule has 8 heteroatoms. The molecule has 4 rings (SSSR count). The molecule has 0 aliphatic carbocycles. The Labute approximate surface area is 170 Å². The van der Waals surface area contributed by atoms with Gasteiger partial charge in [0.15, 0.2) is 6.29 Å². The van der Waals surface area contributed by atoms with Crippen LogP contribution in [-0.4, -0.2) is 71.6 Å². The van der Waals surface area contributed by atoms with E-state index in [1.165, 1.54) is 57.1 Å². The molecule has 0 amide bonds. The second kappa shape index (κ2) is 9.15. The quantitative estimate of drug-likeness (QED) is 0.568. The van der Waals surface area contributed by atoms with Gasteiger partial charge in [-0.25, -0.2) is 9.97 Å². The van der Waals surface area contributed by atoms with E-state index in [4.69, 9.17) is 4.98 Å². The van der Waals surface area contributed by atoms with Gasteiger partial charge in [0.25, 0.3) is 0 Å². The number of carbonyl (C=O) groups is 2. The molecule has 3 aliphatic heterocycles. The second-order valence-electron chi connectivity index (χ2n) is 7.74. The average molecular weight is 402 g/mol. The first-order chi connectivity index (χ1) is 13.7. The van der Waals surface area contributed by atoms with Crippen molar-refractivity contribution in [2.75, 3.05) is 43.5 Å². The fraction of sp³-hybridized carbons (Fsp3) is 0.600. The van der Waals surface area contributed by atoms with Gasteiger partial charge in [0.2, 0.25) is 11.7 Å². The van der Waals surface area contributed by atoms with Crippen molar-refractivity contribution in [3.63, 3.8) is 0 Å². The summed E-state index contributed by atoms with van der Waals surface area (Å²) in [5, 5.41) is 3.05. The predicted octanol–water partition coefficient (Wildman–Crippen LogP) is 1.56. The molecule has 1 aromatic rings. The highest BCUT2D eigenvalue weighted by atomic mass is 32.2. The summed E-state index contributed by atoms with van der Waals surface area (Å²) in [5.41, 5.74) is 0.779. The zero-order valence-corrected chi connectivity index (χ0v) is 16.9. The standard InChI is InChI=1S/C20H27N5O2S/c26-13-17(27)19-18(28-14-22-19)10-16-5-6-21-20(23-16)25-9-3-4-15(12-25)11-24-7-1-2-8-24/h5-6,10,13,15,19,22H,1-4,7-9,11-12,14H2/b18-10-. The van der Waals surface area contributed by atoms with Crippen LogP contribution in [0.15, 0.2) is 17.2 Å². The fourth-order valence-electron chi connectivity index (χ4n) is 4.29. The number of carbonyl (C=O) groups excluding carboxylic acids is 2. The van der Waals surface area contributed by atoms with Gasteiger partial charge >= 0.3 is 0 Å². The number of aromatic nitrogens is 2. The molecule has 3 aliphatic rings. The first-order valence-electron chi connectivity index (χ1n) is 10.1. The monoisotopic (exact) mass is 401 g/mol. The normalized spacial score (nSPS) is 27.4. The van der Waals surface area contributed by atoms with E-state index in [2.05, 4.69) is 20.1 Å². The minimum Gasteiger partial charge on any atom is -0.340 e. The Morgan fingerprint density at radius 2 is 2.14 bits per heavy atom. The molecular formula is C20H27N5O2S. The minimum absolute atomic E-state index is 0.386. The van der Waals surface area contributed by atoms with E-state index in [0.29, 0.717) is 18.1 Å². The molecule has 0 radical (unpaired) electrons. The number of hydrogen-bond donors (Lipinski definition) is 1. The maximum Gasteiger partial charge on any atom is 0.225 e. The van der Waals surface area contributed by atoms with Gasteiger partial charge in [-0.3, -0.25) is 14.9 Å². The third-order valence-corrected chi connectivity index (χ3v) is 6.68. The van der Waals surface area contributed by atoms with Crippen molar-refractivity contribution < 1.29 is 9.59 Å². The van der Waals surface area contributed by atoms with E-state index in [9.17, 15) is 9.59 Å². The van der Waals surface area contributed by atoms with Crippen LogP contribution in [0, 0.1) is 5.92 Å². The Kier molecular flexibility index (Phi) is 6.39. The van der Waals surface area contributed by atoms with E-state index in [1.54, 1.807) is 6.20 Å². The number of Topliss-reactive ketones (excluding diaryl/α,β-unsaturated/α-hetero) is 1. The number of likely N-dealkylation sites (tertiary alicyclic amines) is 1. The van der Waals surface area contributed by atoms with E-state index in [0.717, 1.165) is 29.6 Å². The molecule has 28 heavy (non-hydrogen) atoms. The number of rotatable bonds is 6. The maximum absolute atomic E-state index is 11.8. The van der Waals surface area contributed by atoms with Crippen molar-refractivity contribution in [2.24, 2.45) is 5.92 Å². The molecule has 2 atom stereocenters. The third kappa shape index (κ3) is 4.61. The number of piperidine rings is 1. The molecule has 0 saturated carbocycles. The number of nitrogens with zero attached hydrogens (tertiary/aromatic N) is 4. The molecule has 0 aromatic carbocycles. The van der Waals surface area contributed by atoms with Crippen LogP contribution in [0.4, 0.5) is 5.95 Å². The van der Waals surface area contributed by atoms with Crippen LogP contribution in [-0.2, 0) is 9.59 Å². The topological polar surface area (TPSA) is 78.4 Å². The Morgan fingerprint density at radius 1 is 1.29 bits per heavy atom. The van der Waals surface area contributed by atoms with Gasteiger partial charge in [-0.05, 0) is 56.8 Å². The van der Waals surface area contributed by atoms with Crippen LogP contribution in [0.1, 0.15) is 31.4 Å². The van der Waals surface area contributed by atoms with Gasteiger partial charge in [0.05, 0.1) is 5.69 Å². The minimum atomic E-state index is -0.541. The zero-order valence-electron chi connectivity index (χ0n) is 16.0. The Hall–Kier alpha value is -1.77. The Morgan fingerprint density at radius 3 is 2.96 bits per heavy atom. The SMILES string of the molecule is O=CC(=O)C1NCS/C1=C\c1ccnc(N2CCCC(CN3CCCC3)C2)n1. The Balaban J connectivity index is 1.45. The van der Waals surface area contributed by atoms with E-state index < -0.39 is 11.8 Å². The highest BCUT2D eigenvalue weighted by molar-refractivity contribution is 8.03. The number of ketones is 1. The summed E-state index contributed by atoms with van der Waals surface area (Å²) in [5.74, 6) is 1.61. The molecule has 0 bridgehead atoms. The number of hydrogen-bond acceptors (Lipinski definition) is 8. The third-order valence-electron chi connectivity index (χ3n) is 5.68. The summed E-state index contributed by atoms with van der Waals surface area (Å²) in [7, 11) is 0. The maximum atomic E-state index is 11.8. The number of aldehydes is 1. The van der Waals surface area contributed by atoms with Gasteiger partial charge < -0.3 is 9.80 Å². The largest absolute Gasteiger partial charge is 0.340 e. The summed E-state index contributed by atoms with van der Waals surface area (Å²) in [6.07, 6.45) is 9.16. The highest BCUT2D eigenvalue weighted by Gasteiger charge is 2.28. The lowest BCUT2D eigenvalue weighted by atomic mass is 9.98. The van der Waals surface area contributed by atoms with Crippen molar-refractivity contribution in [3.8, 4) is 0 Å². The molecule has 150 valence electrons. The summed E-state index contributed by atoms with van der Waals surface area (Å²) in [4.78, 5) is 37.6. The smallest absolute Gasteiger partial charge is 0.225 e. The molecule has 3 fully saturated rings. The van der Waals surface area contributed by atoms with E-state index in [1.807, 2.05) is 12.1 Å². The van der Waals surface area contributed by atoms with Gasteiger partial charge in [0.1, 0.15) is 6.04 Å². The van der Waals surface area contributed by atoms with E-state index in [-0.39, 0.29) is 0 Å². The molecule has 4 heterocycles. The molecule has 2 unspecified atom stereocenters. The van der Waals surface area contributed by atoms with Crippen LogP contribution in [0.5, 0.6) is 0 Å². The van der Waals surface area contributed by atoms with Crippen LogP contribution in [0.3, 0.4) is 0 Å². The van der Waals surface area contributed by atoms with Crippen molar-refractivity contribution in [3.05, 3.63) is 22.9 Å². The summed E-state index contributed by atoms with van der Waals surface area (Å²) < 4.78 is 0. The van der Waals surface area contributed by atoms with E-state index >= 15 is 0 Å². The predicted molar refractivity (Wildman–Crippen MR) is 111 cm³/mol. The summed E-state index contributed by atoms with van der Waals surface area (Å²) in [6.45, 7) is 5.64. The lowest BCUT2D eigenvalue weighted by Crippen LogP contribution is -2.41. The van der Waals surface area contributed by atoms with Gasteiger partial charge in [0, 0.05) is 36.6 Å². The molecular weight excluding hydrogens is 374 g/mol. The van der Waals surface area contributed by atoms with Crippen LogP contribution in [0.25, 0.3) is 6.08 Å². The van der Waals surface area contributed by atoms with Gasteiger partial charge in [-0.15, -0.1) is 11.8 Å². The van der Waals surface area contributed by atoms with Crippen LogP contribution in [0.2, 0.25) is 0 Å². The van der Waals surface area contributed by atoms with Crippen molar-refractivity contribution in [2.45, 2.75) is 31.7 Å². The van der Waals surface area contributed by atoms with Crippen LogP contribution < -0.4 is 10.2 Å². The average Bonchev–Trinajstić information content (AvgIpc) is 3.40. The lowest BCUT2D eigenvalue weighted by molar-refractivity contribution is -0.130. The summed E-state index contributed by atoms with van der Waals surface area (Å²) in [6, 6.07) is 1.31. The molecule has 1 N–H and O–H groups in total. The second-order valence-corrected chi connectivity index (χ2v) is 8.78. The molecule has 0 spiro atoms. The van der Waals surface area contributed by atoms with Crippen molar-refractivity contribution >= 4 is 35.9 Å². The first kappa shape index (κ1) is 19.5. The van der Waals surface area contributed by atoms with Crippen molar-refractivity contribution in [1.29, 1.82) is 0 Å². The Bertz CT molecular complexity index is 750. The molecule has 1 aromatic heterocycles.